The SMILES string of the molecule is Cl.Cl.[C-]1=CC(c2ccccc2)=CC1.[C-]1=CC(c2ccccc2)=CC1.[CH3-].[CH3-].[GeH2]=[Zr]. The topological polar surface area (TPSA) is 0 Å². The van der Waals surface area contributed by atoms with Gasteiger partial charge < -0.3 is 14.9 Å². The van der Waals surface area contributed by atoms with Gasteiger partial charge >= 0.3 is 33.7 Å². The van der Waals surface area contributed by atoms with E-state index in [1.54, 1.807) is 21.6 Å². The Bertz CT molecular complexity index is 685. The second-order valence-electron chi connectivity index (χ2n) is 5.16. The molecule has 0 bridgehead atoms. The molecule has 2 aromatic carbocycles. The van der Waals surface area contributed by atoms with E-state index in [0.717, 1.165) is 12.8 Å². The Kier molecular flexibility index (Phi) is 22.6. The van der Waals surface area contributed by atoms with Gasteiger partial charge in [-0.2, -0.15) is 23.3 Å². The molecule has 0 fully saturated rings. The van der Waals surface area contributed by atoms with Crippen LogP contribution in [-0.4, -0.2) is 12.1 Å². The van der Waals surface area contributed by atoms with Gasteiger partial charge in [0.05, 0.1) is 0 Å². The van der Waals surface area contributed by atoms with Crippen molar-refractivity contribution in [3.63, 3.8) is 0 Å². The predicted molar refractivity (Wildman–Crippen MR) is 130 cm³/mol. The number of allylic oxidation sites excluding steroid dienone is 8. The molecule has 0 saturated heterocycles. The van der Waals surface area contributed by atoms with Crippen LogP contribution in [0.5, 0.6) is 0 Å². The molecular formula is C24H28Cl2GeZr-4. The molecule has 0 spiro atoms. The van der Waals surface area contributed by atoms with Crippen molar-refractivity contribution >= 4 is 48.1 Å². The van der Waals surface area contributed by atoms with Gasteiger partial charge in [0.25, 0.3) is 0 Å². The van der Waals surface area contributed by atoms with E-state index in [1.807, 2.05) is 12.1 Å². The van der Waals surface area contributed by atoms with Crippen molar-refractivity contribution in [1.82, 2.24) is 0 Å². The van der Waals surface area contributed by atoms with Crippen LogP contribution in [0.15, 0.2) is 85.0 Å². The van der Waals surface area contributed by atoms with Crippen molar-refractivity contribution in [1.29, 1.82) is 0 Å². The Morgan fingerprint density at radius 3 is 1.18 bits per heavy atom. The summed E-state index contributed by atoms with van der Waals surface area (Å²) in [5, 5.41) is 0. The molecule has 2 aromatic rings. The molecule has 0 aliphatic heterocycles. The van der Waals surface area contributed by atoms with E-state index in [9.17, 15) is 0 Å². The van der Waals surface area contributed by atoms with Gasteiger partial charge in [0, 0.05) is 0 Å². The second kappa shape index (κ2) is 19.7. The Morgan fingerprint density at radius 1 is 0.607 bits per heavy atom. The molecule has 0 saturated carbocycles. The van der Waals surface area contributed by atoms with Crippen LogP contribution < -0.4 is 0 Å². The van der Waals surface area contributed by atoms with Crippen molar-refractivity contribution in [3.05, 3.63) is 123 Å². The minimum absolute atomic E-state index is 0. The van der Waals surface area contributed by atoms with Crippen LogP contribution in [0, 0.1) is 27.0 Å². The third kappa shape index (κ3) is 10.8. The quantitative estimate of drug-likeness (QED) is 0.296. The summed E-state index contributed by atoms with van der Waals surface area (Å²) in [6.07, 6.45) is 16.7. The Labute approximate surface area is 204 Å². The molecule has 0 amide bonds. The van der Waals surface area contributed by atoms with E-state index >= 15 is 0 Å². The molecule has 0 radical (unpaired) electrons. The minimum atomic E-state index is 0. The summed E-state index contributed by atoms with van der Waals surface area (Å²) in [6, 6.07) is 20.8. The van der Waals surface area contributed by atoms with Crippen LogP contribution in [0.25, 0.3) is 11.1 Å². The molecule has 4 rings (SSSR count). The fraction of sp³-hybridized carbons (Fsp3) is 0.0833. The molecule has 2 aliphatic rings. The molecule has 2 aliphatic carbocycles. The van der Waals surface area contributed by atoms with Gasteiger partial charge in [-0.1, -0.05) is 60.7 Å². The summed E-state index contributed by atoms with van der Waals surface area (Å²) in [5.41, 5.74) is 5.17. The van der Waals surface area contributed by atoms with E-state index < -0.39 is 0 Å². The molecule has 0 atom stereocenters. The standard InChI is InChI=1S/2C11H9.2CH3.2ClH.GeH2.Zr/c2*1-2-6-10(7-3-1)11-8-4-5-9-11;;;;;;/h2*1-3,6-9H,4H2;2*1H3;2*1H;1H2;/q4*-1;;;;. The molecule has 0 aromatic heterocycles. The van der Waals surface area contributed by atoms with Crippen molar-refractivity contribution in [2.45, 2.75) is 12.8 Å². The van der Waals surface area contributed by atoms with Gasteiger partial charge in [-0.05, 0) is 0 Å². The zero-order valence-corrected chi connectivity index (χ0v) is 23.6. The normalized spacial score (nSPS) is 12.0. The molecule has 0 heterocycles. The van der Waals surface area contributed by atoms with Crippen molar-refractivity contribution in [3.8, 4) is 0 Å². The summed E-state index contributed by atoms with van der Waals surface area (Å²) < 4.78 is 0. The van der Waals surface area contributed by atoms with Crippen LogP contribution in [0.2, 0.25) is 0 Å². The van der Waals surface area contributed by atoms with Gasteiger partial charge in [-0.25, -0.2) is 12.2 Å². The van der Waals surface area contributed by atoms with E-state index in [1.165, 1.54) is 34.4 Å². The fourth-order valence-electron chi connectivity index (χ4n) is 2.46. The van der Waals surface area contributed by atoms with E-state index in [4.69, 9.17) is 0 Å². The van der Waals surface area contributed by atoms with Crippen molar-refractivity contribution < 1.29 is 21.6 Å². The van der Waals surface area contributed by atoms with Crippen LogP contribution >= 0.6 is 24.8 Å². The van der Waals surface area contributed by atoms with Gasteiger partial charge in [-0.3, -0.25) is 12.2 Å². The fourth-order valence-corrected chi connectivity index (χ4v) is 2.46. The van der Waals surface area contributed by atoms with Gasteiger partial charge in [-0.15, -0.1) is 48.8 Å². The van der Waals surface area contributed by atoms with E-state index in [0.29, 0.717) is 0 Å². The summed E-state index contributed by atoms with van der Waals surface area (Å²) in [4.78, 5) is 0. The van der Waals surface area contributed by atoms with E-state index in [-0.39, 0.29) is 39.7 Å². The average molecular weight is 551 g/mol. The van der Waals surface area contributed by atoms with Gasteiger partial charge in [0.1, 0.15) is 0 Å². The molecule has 0 unspecified atom stereocenters. The monoisotopic (exact) mass is 550 g/mol. The predicted octanol–water partition coefficient (Wildman–Crippen LogP) is 6.49. The third-order valence-electron chi connectivity index (χ3n) is 3.61. The zero-order valence-electron chi connectivity index (χ0n) is 16.5. The number of rotatable bonds is 2. The van der Waals surface area contributed by atoms with Crippen LogP contribution in [0.4, 0.5) is 0 Å². The van der Waals surface area contributed by atoms with Crippen molar-refractivity contribution in [2.75, 3.05) is 0 Å². The maximum atomic E-state index is 3.15. The summed E-state index contributed by atoms with van der Waals surface area (Å²) >= 11 is 3.14. The van der Waals surface area contributed by atoms with Gasteiger partial charge in [0.15, 0.2) is 0 Å². The van der Waals surface area contributed by atoms with Gasteiger partial charge in [0.2, 0.25) is 0 Å². The first kappa shape index (κ1) is 32.1. The molecule has 4 heteroatoms. The van der Waals surface area contributed by atoms with Crippen LogP contribution in [-0.2, 0) is 21.6 Å². The Balaban J connectivity index is -0.000000363. The molecule has 150 valence electrons. The average Bonchev–Trinajstić information content (AvgIpc) is 3.39. The van der Waals surface area contributed by atoms with Crippen LogP contribution in [0.3, 0.4) is 0 Å². The molecule has 28 heavy (non-hydrogen) atoms. The molecule has 0 nitrogen and oxygen atoms in total. The number of halogens is 2. The summed E-state index contributed by atoms with van der Waals surface area (Å²) in [5.74, 6) is 0. The third-order valence-corrected chi connectivity index (χ3v) is 3.61. The zero-order chi connectivity index (χ0) is 17.0. The summed E-state index contributed by atoms with van der Waals surface area (Å²) in [6.45, 7) is 0. The first-order valence-electron chi connectivity index (χ1n) is 7.93. The molecule has 0 N–H and O–H groups in total. The maximum absolute atomic E-state index is 3.15. The first-order valence-corrected chi connectivity index (χ1v) is 18.4. The number of benzene rings is 2. The molecular weight excluding hydrogens is 523 g/mol. The first-order chi connectivity index (χ1) is 11.9. The van der Waals surface area contributed by atoms with E-state index in [2.05, 4.69) is 85.0 Å². The second-order valence-corrected chi connectivity index (χ2v) is 5.16. The van der Waals surface area contributed by atoms with Crippen LogP contribution in [0.1, 0.15) is 24.0 Å². The number of hydrogen-bond acceptors (Lipinski definition) is 0. The van der Waals surface area contributed by atoms with Crippen molar-refractivity contribution in [2.24, 2.45) is 0 Å². The summed E-state index contributed by atoms with van der Waals surface area (Å²) in [7, 11) is 0. The Morgan fingerprint density at radius 2 is 0.929 bits per heavy atom. The number of hydrogen-bond donors (Lipinski definition) is 0. The Hall–Kier alpha value is -0.594.